The van der Waals surface area contributed by atoms with Crippen molar-refractivity contribution in [1.82, 2.24) is 0 Å². The molecule has 1 aromatic rings. The second-order valence-corrected chi connectivity index (χ2v) is 7.02. The van der Waals surface area contributed by atoms with E-state index in [1.165, 1.54) is 44.2 Å². The van der Waals surface area contributed by atoms with Crippen molar-refractivity contribution in [3.63, 3.8) is 0 Å². The maximum atomic E-state index is 13.4. The van der Waals surface area contributed by atoms with E-state index in [0.29, 0.717) is 23.6 Å². The van der Waals surface area contributed by atoms with Crippen LogP contribution in [-0.2, 0) is 0 Å². The Hall–Kier alpha value is -1.65. The summed E-state index contributed by atoms with van der Waals surface area (Å²) < 4.78 is 13.4. The molecular formula is C16H19FN2O2. The molecule has 0 saturated heterocycles. The molecule has 4 bridgehead atoms. The Balaban J connectivity index is 1.56. The van der Waals surface area contributed by atoms with Crippen LogP contribution in [0.3, 0.4) is 0 Å². The molecular weight excluding hydrogens is 271 g/mol. The first kappa shape index (κ1) is 13.0. The van der Waals surface area contributed by atoms with Gasteiger partial charge in [-0.05, 0) is 67.9 Å². The molecule has 4 saturated carbocycles. The number of nitrogens with zero attached hydrogens (tertiary/aromatic N) is 1. The molecule has 0 unspecified atom stereocenters. The minimum absolute atomic E-state index is 0.405. The quantitative estimate of drug-likeness (QED) is 0.677. The van der Waals surface area contributed by atoms with E-state index in [2.05, 4.69) is 5.32 Å². The number of nitro benzene ring substituents is 1. The SMILES string of the molecule is O=[N+]([O-])c1cc(NC2C3CC4CC(C3)CC2C4)ccc1F. The summed E-state index contributed by atoms with van der Waals surface area (Å²) in [6.45, 7) is 0. The monoisotopic (exact) mass is 290 g/mol. The maximum absolute atomic E-state index is 13.4. The molecule has 0 spiro atoms. The molecule has 0 radical (unpaired) electrons. The Morgan fingerprint density at radius 3 is 2.29 bits per heavy atom. The van der Waals surface area contributed by atoms with Crippen molar-refractivity contribution in [2.45, 2.75) is 38.1 Å². The van der Waals surface area contributed by atoms with Gasteiger partial charge < -0.3 is 5.32 Å². The molecule has 5 rings (SSSR count). The van der Waals surface area contributed by atoms with Gasteiger partial charge in [-0.15, -0.1) is 0 Å². The standard InChI is InChI=1S/C16H19FN2O2/c17-14-2-1-13(8-15(14)19(20)21)18-16-11-4-9-3-10(6-11)7-12(16)5-9/h1-2,8-12,16,18H,3-7H2. The number of anilines is 1. The first-order chi connectivity index (χ1) is 10.1. The summed E-state index contributed by atoms with van der Waals surface area (Å²) in [6.07, 6.45) is 6.55. The van der Waals surface area contributed by atoms with Gasteiger partial charge in [-0.25, -0.2) is 0 Å². The van der Waals surface area contributed by atoms with Gasteiger partial charge in [0.15, 0.2) is 0 Å². The lowest BCUT2D eigenvalue weighted by Crippen LogP contribution is -2.51. The zero-order valence-corrected chi connectivity index (χ0v) is 11.8. The second kappa shape index (κ2) is 4.68. The van der Waals surface area contributed by atoms with Crippen LogP contribution in [0.25, 0.3) is 0 Å². The average Bonchev–Trinajstić information content (AvgIpc) is 2.43. The van der Waals surface area contributed by atoms with Crippen molar-refractivity contribution in [2.24, 2.45) is 23.7 Å². The summed E-state index contributed by atoms with van der Waals surface area (Å²) in [7, 11) is 0. The molecule has 1 N–H and O–H groups in total. The minimum Gasteiger partial charge on any atom is -0.382 e. The average molecular weight is 290 g/mol. The van der Waals surface area contributed by atoms with Crippen LogP contribution >= 0.6 is 0 Å². The fourth-order valence-electron chi connectivity index (χ4n) is 5.10. The van der Waals surface area contributed by atoms with Gasteiger partial charge in [0.05, 0.1) is 4.92 Å². The number of benzene rings is 1. The first-order valence-electron chi connectivity index (χ1n) is 7.80. The molecule has 4 nitrogen and oxygen atoms in total. The topological polar surface area (TPSA) is 55.2 Å². The second-order valence-electron chi connectivity index (χ2n) is 7.02. The van der Waals surface area contributed by atoms with Gasteiger partial charge in [0.2, 0.25) is 5.82 Å². The largest absolute Gasteiger partial charge is 0.382 e. The summed E-state index contributed by atoms with van der Waals surface area (Å²) in [5, 5.41) is 14.3. The van der Waals surface area contributed by atoms with E-state index in [9.17, 15) is 14.5 Å². The van der Waals surface area contributed by atoms with Crippen LogP contribution < -0.4 is 5.32 Å². The molecule has 0 amide bonds. The summed E-state index contributed by atoms with van der Waals surface area (Å²) in [5.41, 5.74) is 0.240. The van der Waals surface area contributed by atoms with Crippen LogP contribution in [0.15, 0.2) is 18.2 Å². The Kier molecular flexibility index (Phi) is 2.91. The van der Waals surface area contributed by atoms with Gasteiger partial charge >= 0.3 is 5.69 Å². The first-order valence-corrected chi connectivity index (χ1v) is 7.80. The Morgan fingerprint density at radius 2 is 1.71 bits per heavy atom. The third-order valence-corrected chi connectivity index (χ3v) is 5.70. The highest BCUT2D eigenvalue weighted by Crippen LogP contribution is 2.54. The van der Waals surface area contributed by atoms with Crippen molar-refractivity contribution in [3.8, 4) is 0 Å². The van der Waals surface area contributed by atoms with E-state index in [0.717, 1.165) is 11.8 Å². The van der Waals surface area contributed by atoms with Crippen molar-refractivity contribution in [1.29, 1.82) is 0 Å². The molecule has 0 aromatic heterocycles. The smallest absolute Gasteiger partial charge is 0.306 e. The van der Waals surface area contributed by atoms with E-state index < -0.39 is 16.4 Å². The summed E-state index contributed by atoms with van der Waals surface area (Å²) in [5.74, 6) is 2.40. The van der Waals surface area contributed by atoms with Crippen molar-refractivity contribution in [2.75, 3.05) is 5.32 Å². The molecule has 0 heterocycles. The molecule has 1 aromatic carbocycles. The molecule has 21 heavy (non-hydrogen) atoms. The van der Waals surface area contributed by atoms with E-state index >= 15 is 0 Å². The highest BCUT2D eigenvalue weighted by Gasteiger charge is 2.48. The van der Waals surface area contributed by atoms with Gasteiger partial charge in [-0.1, -0.05) is 0 Å². The third kappa shape index (κ3) is 2.19. The fraction of sp³-hybridized carbons (Fsp3) is 0.625. The Bertz CT molecular complexity index is 562. The predicted molar refractivity (Wildman–Crippen MR) is 77.5 cm³/mol. The lowest BCUT2D eigenvalue weighted by Gasteiger charge is -2.54. The fourth-order valence-corrected chi connectivity index (χ4v) is 5.10. The van der Waals surface area contributed by atoms with Crippen LogP contribution in [0.1, 0.15) is 32.1 Å². The van der Waals surface area contributed by atoms with Crippen LogP contribution in [0.2, 0.25) is 0 Å². The summed E-state index contributed by atoms with van der Waals surface area (Å²) in [4.78, 5) is 10.2. The summed E-state index contributed by atoms with van der Waals surface area (Å²) in [6, 6.07) is 4.55. The highest BCUT2D eigenvalue weighted by molar-refractivity contribution is 5.52. The molecule has 4 aliphatic rings. The van der Waals surface area contributed by atoms with Crippen LogP contribution in [0.4, 0.5) is 15.8 Å². The molecule has 5 heteroatoms. The molecule has 0 aliphatic heterocycles. The number of nitrogens with one attached hydrogen (secondary N) is 1. The Labute approximate surface area is 122 Å². The van der Waals surface area contributed by atoms with Crippen LogP contribution in [-0.4, -0.2) is 11.0 Å². The number of halogens is 1. The highest BCUT2D eigenvalue weighted by atomic mass is 19.1. The van der Waals surface area contributed by atoms with E-state index in [1.807, 2.05) is 0 Å². The lowest BCUT2D eigenvalue weighted by molar-refractivity contribution is -0.387. The zero-order valence-electron chi connectivity index (χ0n) is 11.8. The van der Waals surface area contributed by atoms with E-state index in [1.54, 1.807) is 6.07 Å². The number of hydrogen-bond acceptors (Lipinski definition) is 3. The normalized spacial score (nSPS) is 36.7. The summed E-state index contributed by atoms with van der Waals surface area (Å²) >= 11 is 0. The van der Waals surface area contributed by atoms with Crippen molar-refractivity contribution in [3.05, 3.63) is 34.1 Å². The van der Waals surface area contributed by atoms with E-state index in [4.69, 9.17) is 0 Å². The minimum atomic E-state index is -0.768. The third-order valence-electron chi connectivity index (χ3n) is 5.70. The Morgan fingerprint density at radius 1 is 1.10 bits per heavy atom. The number of rotatable bonds is 3. The van der Waals surface area contributed by atoms with Gasteiger partial charge in [-0.3, -0.25) is 10.1 Å². The van der Waals surface area contributed by atoms with Crippen molar-refractivity contribution < 1.29 is 9.31 Å². The molecule has 0 atom stereocenters. The van der Waals surface area contributed by atoms with Gasteiger partial charge in [0, 0.05) is 17.8 Å². The van der Waals surface area contributed by atoms with Crippen LogP contribution in [0.5, 0.6) is 0 Å². The number of nitro groups is 1. The van der Waals surface area contributed by atoms with Crippen LogP contribution in [0, 0.1) is 39.6 Å². The van der Waals surface area contributed by atoms with Gasteiger partial charge in [0.1, 0.15) is 0 Å². The lowest BCUT2D eigenvalue weighted by atomic mass is 9.54. The van der Waals surface area contributed by atoms with Crippen molar-refractivity contribution >= 4 is 11.4 Å². The van der Waals surface area contributed by atoms with Gasteiger partial charge in [-0.2, -0.15) is 4.39 Å². The predicted octanol–water partition coefficient (Wildman–Crippen LogP) is 3.97. The molecule has 4 fully saturated rings. The van der Waals surface area contributed by atoms with E-state index in [-0.39, 0.29) is 0 Å². The zero-order chi connectivity index (χ0) is 14.6. The maximum Gasteiger partial charge on any atom is 0.306 e. The molecule has 4 aliphatic carbocycles. The number of hydrogen-bond donors (Lipinski definition) is 1. The van der Waals surface area contributed by atoms with Gasteiger partial charge in [0.25, 0.3) is 0 Å². The molecule has 112 valence electrons.